The molecule has 0 spiro atoms. The van der Waals surface area contributed by atoms with Gasteiger partial charge in [0.2, 0.25) is 0 Å². The Kier molecular flexibility index (Phi) is 6.78. The van der Waals surface area contributed by atoms with Crippen molar-refractivity contribution < 1.29 is 5.11 Å². The van der Waals surface area contributed by atoms with Crippen molar-refractivity contribution in [3.8, 4) is 12.0 Å². The second-order valence-corrected chi connectivity index (χ2v) is 2.30. The minimum atomic E-state index is 0.733. The zero-order valence-electron chi connectivity index (χ0n) is 7.54. The van der Waals surface area contributed by atoms with E-state index in [0.717, 1.165) is 6.42 Å². The van der Waals surface area contributed by atoms with Gasteiger partial charge in [0.25, 0.3) is 0 Å². The Hall–Kier alpha value is -1.42. The molecule has 0 atom stereocenters. The lowest BCUT2D eigenvalue weighted by Gasteiger charge is -1.82. The van der Waals surface area contributed by atoms with Gasteiger partial charge in [0.05, 0.1) is 0 Å². The Morgan fingerprint density at radius 3 is 2.00 bits per heavy atom. The summed E-state index contributed by atoms with van der Waals surface area (Å²) < 4.78 is 0. The summed E-state index contributed by atoms with van der Waals surface area (Å²) >= 11 is 0. The second kappa shape index (κ2) is 7.68. The van der Waals surface area contributed by atoms with Crippen LogP contribution in [0.3, 0.4) is 0 Å². The van der Waals surface area contributed by atoms with Crippen LogP contribution in [0, 0.1) is 19.0 Å². The first kappa shape index (κ1) is 10.6. The molecular weight excluding hydrogens is 148 g/mol. The van der Waals surface area contributed by atoms with Crippen molar-refractivity contribution in [1.29, 1.82) is 0 Å². The lowest BCUT2D eigenvalue weighted by molar-refractivity contribution is 0.516. The fourth-order valence-corrected chi connectivity index (χ4v) is 0.613. The van der Waals surface area contributed by atoms with E-state index in [0.29, 0.717) is 0 Å². The molecule has 1 N–H and O–H groups in total. The first-order chi connectivity index (χ1) is 5.81. The summed E-state index contributed by atoms with van der Waals surface area (Å²) in [6.45, 7) is 3.96. The van der Waals surface area contributed by atoms with Crippen molar-refractivity contribution in [1.82, 2.24) is 0 Å². The molecule has 0 aliphatic rings. The van der Waals surface area contributed by atoms with Crippen molar-refractivity contribution in [3.05, 3.63) is 35.9 Å². The maximum absolute atomic E-state index is 7.71. The van der Waals surface area contributed by atoms with Gasteiger partial charge in [-0.05, 0) is 6.92 Å². The van der Waals surface area contributed by atoms with Gasteiger partial charge < -0.3 is 5.11 Å². The van der Waals surface area contributed by atoms with E-state index in [4.69, 9.17) is 5.11 Å². The Labute approximate surface area is 74.1 Å². The van der Waals surface area contributed by atoms with Crippen LogP contribution in [-0.4, -0.2) is 5.11 Å². The highest BCUT2D eigenvalue weighted by Gasteiger charge is 1.72. The van der Waals surface area contributed by atoms with Crippen molar-refractivity contribution in [2.45, 2.75) is 20.3 Å². The quantitative estimate of drug-likeness (QED) is 0.581. The van der Waals surface area contributed by atoms with Gasteiger partial charge in [-0.15, -0.1) is 0 Å². The van der Waals surface area contributed by atoms with Gasteiger partial charge >= 0.3 is 0 Å². The van der Waals surface area contributed by atoms with Crippen LogP contribution in [0.1, 0.15) is 18.9 Å². The van der Waals surface area contributed by atoms with Crippen LogP contribution in [0.2, 0.25) is 0 Å². The van der Waals surface area contributed by atoms with Gasteiger partial charge in [0.15, 0.2) is 0 Å². The highest BCUT2D eigenvalue weighted by atomic mass is 16.2. The second-order valence-electron chi connectivity index (χ2n) is 2.30. The summed E-state index contributed by atoms with van der Waals surface area (Å²) in [6.07, 6.45) is 2.50. The maximum atomic E-state index is 7.71. The minimum Gasteiger partial charge on any atom is -0.462 e. The molecule has 1 nitrogen and oxygen atoms in total. The van der Waals surface area contributed by atoms with Crippen molar-refractivity contribution in [3.63, 3.8) is 0 Å². The van der Waals surface area contributed by atoms with Gasteiger partial charge in [-0.25, -0.2) is 0 Å². The Bertz CT molecular complexity index is 241. The monoisotopic (exact) mass is 162 g/mol. The van der Waals surface area contributed by atoms with Crippen LogP contribution in [0.5, 0.6) is 0 Å². The fourth-order valence-electron chi connectivity index (χ4n) is 0.613. The standard InChI is InChI=1S/C7H8.C4H6O/c1-7-5-3-2-4-6-7;1-2-3-4-5/h2-6H,1H3;5H,2H2,1H3. The molecular formula is C11H14O. The zero-order valence-corrected chi connectivity index (χ0v) is 7.54. The van der Waals surface area contributed by atoms with Crippen LogP contribution in [-0.2, 0) is 0 Å². The maximum Gasteiger partial charge on any atom is 0.107 e. The van der Waals surface area contributed by atoms with E-state index in [-0.39, 0.29) is 0 Å². The van der Waals surface area contributed by atoms with E-state index >= 15 is 0 Å². The molecule has 0 aliphatic carbocycles. The SMILES string of the molecule is CCC#CO.Cc1ccccc1. The molecule has 0 bridgehead atoms. The van der Waals surface area contributed by atoms with Crippen LogP contribution in [0.15, 0.2) is 30.3 Å². The minimum absolute atomic E-state index is 0.733. The molecule has 1 rings (SSSR count). The van der Waals surface area contributed by atoms with E-state index in [2.05, 4.69) is 25.0 Å². The van der Waals surface area contributed by atoms with Crippen molar-refractivity contribution in [2.75, 3.05) is 0 Å². The Morgan fingerprint density at radius 1 is 1.25 bits per heavy atom. The topological polar surface area (TPSA) is 20.2 Å². The molecule has 0 saturated carbocycles. The van der Waals surface area contributed by atoms with Gasteiger partial charge in [-0.3, -0.25) is 0 Å². The zero-order chi connectivity index (χ0) is 9.23. The van der Waals surface area contributed by atoms with E-state index in [1.54, 1.807) is 6.11 Å². The molecule has 1 aromatic carbocycles. The number of rotatable bonds is 0. The number of benzene rings is 1. The molecule has 64 valence electrons. The fraction of sp³-hybridized carbons (Fsp3) is 0.273. The molecule has 1 aromatic rings. The highest BCUT2D eigenvalue weighted by Crippen LogP contribution is 1.92. The molecule has 0 unspecified atom stereocenters. The number of hydrogen-bond donors (Lipinski definition) is 1. The third kappa shape index (κ3) is 6.70. The largest absolute Gasteiger partial charge is 0.462 e. The van der Waals surface area contributed by atoms with Crippen LogP contribution in [0.25, 0.3) is 0 Å². The van der Waals surface area contributed by atoms with Gasteiger partial charge in [0, 0.05) is 6.42 Å². The summed E-state index contributed by atoms with van der Waals surface area (Å²) in [5.74, 6) is 2.42. The van der Waals surface area contributed by atoms with Crippen molar-refractivity contribution >= 4 is 0 Å². The smallest absolute Gasteiger partial charge is 0.107 e. The molecule has 0 amide bonds. The van der Waals surface area contributed by atoms with Gasteiger partial charge in [-0.2, -0.15) is 0 Å². The molecule has 0 fully saturated rings. The molecule has 1 heteroatoms. The third-order valence-electron chi connectivity index (χ3n) is 1.20. The van der Waals surface area contributed by atoms with Gasteiger partial charge in [-0.1, -0.05) is 48.7 Å². The van der Waals surface area contributed by atoms with Crippen LogP contribution >= 0.6 is 0 Å². The third-order valence-corrected chi connectivity index (χ3v) is 1.20. The molecule has 12 heavy (non-hydrogen) atoms. The summed E-state index contributed by atoms with van der Waals surface area (Å²) in [5, 5.41) is 7.71. The number of hydrogen-bond acceptors (Lipinski definition) is 1. The average molecular weight is 162 g/mol. The number of aliphatic hydroxyl groups is 1. The van der Waals surface area contributed by atoms with E-state index in [9.17, 15) is 0 Å². The molecule has 0 heterocycles. The van der Waals surface area contributed by atoms with E-state index in [1.807, 2.05) is 25.1 Å². The lowest BCUT2D eigenvalue weighted by Crippen LogP contribution is -1.62. The highest BCUT2D eigenvalue weighted by molar-refractivity contribution is 5.11. The number of aryl methyl sites for hydroxylation is 1. The summed E-state index contributed by atoms with van der Waals surface area (Å²) in [7, 11) is 0. The number of aliphatic hydroxyl groups excluding tert-OH is 1. The first-order valence-electron chi connectivity index (χ1n) is 3.94. The first-order valence-corrected chi connectivity index (χ1v) is 3.94. The molecule has 0 aliphatic heterocycles. The van der Waals surface area contributed by atoms with Gasteiger partial charge in [0.1, 0.15) is 6.11 Å². The molecule has 0 aromatic heterocycles. The summed E-state index contributed by atoms with van der Waals surface area (Å²) in [4.78, 5) is 0. The van der Waals surface area contributed by atoms with Crippen LogP contribution in [0.4, 0.5) is 0 Å². The average Bonchev–Trinajstić information content (AvgIpc) is 2.08. The summed E-state index contributed by atoms with van der Waals surface area (Å²) in [5.41, 5.74) is 1.32. The van der Waals surface area contributed by atoms with Crippen LogP contribution < -0.4 is 0 Å². The molecule has 0 radical (unpaired) electrons. The Morgan fingerprint density at radius 2 is 1.83 bits per heavy atom. The lowest BCUT2D eigenvalue weighted by atomic mass is 10.2. The van der Waals surface area contributed by atoms with E-state index in [1.165, 1.54) is 5.56 Å². The Balaban J connectivity index is 0.000000217. The predicted molar refractivity (Wildman–Crippen MR) is 51.2 cm³/mol. The normalized spacial score (nSPS) is 7.17. The predicted octanol–water partition coefficient (Wildman–Crippen LogP) is 2.72. The molecule has 0 saturated heterocycles. The van der Waals surface area contributed by atoms with E-state index < -0.39 is 0 Å². The summed E-state index contributed by atoms with van der Waals surface area (Å²) in [6, 6.07) is 10.3. The van der Waals surface area contributed by atoms with Crippen molar-refractivity contribution in [2.24, 2.45) is 0 Å².